The summed E-state index contributed by atoms with van der Waals surface area (Å²) in [5, 5.41) is 17.5. The van der Waals surface area contributed by atoms with E-state index in [0.29, 0.717) is 0 Å². The zero-order valence-corrected chi connectivity index (χ0v) is 12.1. The summed E-state index contributed by atoms with van der Waals surface area (Å²) in [5.74, 6) is -0.914. The smallest absolute Gasteiger partial charge is 0.445 e. The van der Waals surface area contributed by atoms with Crippen LogP contribution in [0.15, 0.2) is 18.2 Å². The average Bonchev–Trinajstić information content (AvgIpc) is 2.95. The van der Waals surface area contributed by atoms with Crippen molar-refractivity contribution in [1.82, 2.24) is 10.2 Å². The van der Waals surface area contributed by atoms with Crippen LogP contribution in [0.25, 0.3) is 0 Å². The van der Waals surface area contributed by atoms with Gasteiger partial charge in [-0.1, -0.05) is 11.3 Å². The maximum absolute atomic E-state index is 12.4. The average molecular weight is 348 g/mol. The molecule has 1 aromatic heterocycles. The molecule has 1 aromatic carbocycles. The normalized spacial score (nSPS) is 11.1. The first-order valence-corrected chi connectivity index (χ1v) is 6.58. The Morgan fingerprint density at radius 2 is 2.09 bits per heavy atom. The molecule has 122 valence electrons. The van der Waals surface area contributed by atoms with Crippen molar-refractivity contribution in [3.05, 3.63) is 38.9 Å². The minimum atomic E-state index is -4.67. The number of carbonyl (C=O) groups is 1. The number of anilines is 1. The van der Waals surface area contributed by atoms with Crippen LogP contribution < -0.4 is 10.1 Å². The third-order valence-corrected chi connectivity index (χ3v) is 3.41. The molecule has 8 nitrogen and oxygen atoms in total. The maximum Gasteiger partial charge on any atom is 0.445 e. The Hall–Kier alpha value is -2.76. The number of nitrogens with zero attached hydrogens (tertiary/aromatic N) is 3. The van der Waals surface area contributed by atoms with E-state index in [-0.39, 0.29) is 27.8 Å². The molecular formula is C11H7F3N4O4S. The molecule has 0 atom stereocenters. The summed E-state index contributed by atoms with van der Waals surface area (Å²) >= 11 is 0.143. The summed E-state index contributed by atoms with van der Waals surface area (Å²) in [6.45, 7) is 0. The molecule has 1 heterocycles. The van der Waals surface area contributed by atoms with Crippen molar-refractivity contribution >= 4 is 28.1 Å². The molecule has 2 aromatic rings. The first kappa shape index (κ1) is 16.6. The lowest BCUT2D eigenvalue weighted by Gasteiger charge is -2.04. The van der Waals surface area contributed by atoms with Crippen molar-refractivity contribution in [2.45, 2.75) is 6.18 Å². The van der Waals surface area contributed by atoms with Crippen LogP contribution in [0, 0.1) is 10.1 Å². The van der Waals surface area contributed by atoms with Crippen molar-refractivity contribution in [1.29, 1.82) is 0 Å². The van der Waals surface area contributed by atoms with Gasteiger partial charge in [0.15, 0.2) is 5.75 Å². The van der Waals surface area contributed by atoms with Crippen molar-refractivity contribution in [2.75, 3.05) is 12.4 Å². The number of alkyl halides is 3. The van der Waals surface area contributed by atoms with Gasteiger partial charge in [-0.3, -0.25) is 20.2 Å². The molecule has 0 bridgehead atoms. The molecule has 0 saturated heterocycles. The van der Waals surface area contributed by atoms with Gasteiger partial charge in [0, 0.05) is 11.6 Å². The lowest BCUT2D eigenvalue weighted by Crippen LogP contribution is -2.12. The quantitative estimate of drug-likeness (QED) is 0.672. The predicted octanol–water partition coefficient (Wildman–Crippen LogP) is 2.73. The van der Waals surface area contributed by atoms with Gasteiger partial charge in [0.1, 0.15) is 0 Å². The molecule has 1 N–H and O–H groups in total. The molecule has 0 unspecified atom stereocenters. The highest BCUT2D eigenvalue weighted by Crippen LogP contribution is 2.33. The lowest BCUT2D eigenvalue weighted by molar-refractivity contribution is -0.385. The zero-order chi connectivity index (χ0) is 17.2. The number of ether oxygens (including phenoxy) is 1. The highest BCUT2D eigenvalue weighted by atomic mass is 32.1. The van der Waals surface area contributed by atoms with E-state index in [1.54, 1.807) is 0 Å². The number of hydrogen-bond donors (Lipinski definition) is 1. The molecule has 0 radical (unpaired) electrons. The molecule has 0 aliphatic rings. The summed E-state index contributed by atoms with van der Waals surface area (Å²) in [4.78, 5) is 22.1. The molecular weight excluding hydrogens is 341 g/mol. The Morgan fingerprint density at radius 3 is 2.61 bits per heavy atom. The van der Waals surface area contributed by atoms with Crippen LogP contribution in [0.2, 0.25) is 0 Å². The summed E-state index contributed by atoms with van der Waals surface area (Å²) < 4.78 is 42.0. The number of nitro groups is 1. The van der Waals surface area contributed by atoms with Gasteiger partial charge in [0.05, 0.1) is 12.0 Å². The van der Waals surface area contributed by atoms with E-state index in [1.165, 1.54) is 19.2 Å². The van der Waals surface area contributed by atoms with Crippen LogP contribution in [0.1, 0.15) is 15.4 Å². The molecule has 12 heteroatoms. The minimum Gasteiger partial charge on any atom is -0.490 e. The fraction of sp³-hybridized carbons (Fsp3) is 0.182. The van der Waals surface area contributed by atoms with E-state index in [4.69, 9.17) is 4.74 Å². The lowest BCUT2D eigenvalue weighted by atomic mass is 10.2. The Bertz CT molecular complexity index is 762. The van der Waals surface area contributed by atoms with Gasteiger partial charge in [0.2, 0.25) is 10.1 Å². The molecule has 0 saturated carbocycles. The number of carbonyl (C=O) groups excluding carboxylic acids is 1. The number of rotatable bonds is 4. The number of nitrogens with one attached hydrogen (secondary N) is 1. The predicted molar refractivity (Wildman–Crippen MR) is 72.5 cm³/mol. The fourth-order valence-corrected chi connectivity index (χ4v) is 2.14. The van der Waals surface area contributed by atoms with Crippen LogP contribution in [-0.2, 0) is 6.18 Å². The van der Waals surface area contributed by atoms with Crippen LogP contribution in [0.4, 0.5) is 24.0 Å². The molecule has 0 aliphatic carbocycles. The first-order chi connectivity index (χ1) is 10.7. The van der Waals surface area contributed by atoms with Crippen LogP contribution in [0.5, 0.6) is 5.75 Å². The largest absolute Gasteiger partial charge is 0.490 e. The van der Waals surface area contributed by atoms with Crippen LogP contribution in [0.3, 0.4) is 0 Å². The number of hydrogen-bond acceptors (Lipinski definition) is 7. The van der Waals surface area contributed by atoms with Gasteiger partial charge < -0.3 is 4.74 Å². The van der Waals surface area contributed by atoms with E-state index in [9.17, 15) is 28.1 Å². The van der Waals surface area contributed by atoms with Crippen molar-refractivity contribution in [2.24, 2.45) is 0 Å². The molecule has 1 amide bonds. The SMILES string of the molecule is COc1ccc(C(=O)Nc2nnc(C(F)(F)F)s2)cc1[N+](=O)[O-]. The number of amides is 1. The third-order valence-electron chi connectivity index (χ3n) is 2.53. The second-order valence-electron chi connectivity index (χ2n) is 4.01. The van der Waals surface area contributed by atoms with Gasteiger partial charge in [0.25, 0.3) is 5.91 Å². The van der Waals surface area contributed by atoms with Crippen molar-refractivity contribution < 1.29 is 27.6 Å². The fourth-order valence-electron chi connectivity index (χ4n) is 1.53. The minimum absolute atomic E-state index is 0.0539. The highest BCUT2D eigenvalue weighted by Gasteiger charge is 2.35. The highest BCUT2D eigenvalue weighted by molar-refractivity contribution is 7.15. The summed E-state index contributed by atoms with van der Waals surface area (Å²) in [5.41, 5.74) is -0.588. The summed E-state index contributed by atoms with van der Waals surface area (Å²) in [7, 11) is 1.22. The van der Waals surface area contributed by atoms with Crippen molar-refractivity contribution in [3.8, 4) is 5.75 Å². The zero-order valence-electron chi connectivity index (χ0n) is 11.2. The van der Waals surface area contributed by atoms with E-state index in [2.05, 4.69) is 15.5 Å². The van der Waals surface area contributed by atoms with Crippen LogP contribution in [-0.4, -0.2) is 28.1 Å². The Labute approximate surface area is 130 Å². The third kappa shape index (κ3) is 3.71. The van der Waals surface area contributed by atoms with E-state index in [0.717, 1.165) is 6.07 Å². The number of aromatic nitrogens is 2. The van der Waals surface area contributed by atoms with Gasteiger partial charge in [-0.25, -0.2) is 0 Å². The number of methoxy groups -OCH3 is 1. The van der Waals surface area contributed by atoms with Gasteiger partial charge in [-0.05, 0) is 12.1 Å². The standard InChI is InChI=1S/C11H7F3N4O4S/c1-22-7-3-2-5(4-6(7)18(20)21)8(19)15-10-17-16-9(23-10)11(12,13)14/h2-4H,1H3,(H,15,17,19). The second kappa shape index (κ2) is 6.16. The number of halogens is 3. The van der Waals surface area contributed by atoms with Crippen molar-refractivity contribution in [3.63, 3.8) is 0 Å². The Kier molecular flexibility index (Phi) is 4.45. The van der Waals surface area contributed by atoms with Gasteiger partial charge >= 0.3 is 11.9 Å². The summed E-state index contributed by atoms with van der Waals surface area (Å²) in [6, 6.07) is 3.38. The topological polar surface area (TPSA) is 107 Å². The number of nitro benzene ring substituents is 1. The van der Waals surface area contributed by atoms with Gasteiger partial charge in [-0.15, -0.1) is 10.2 Å². The van der Waals surface area contributed by atoms with Crippen LogP contribution >= 0.6 is 11.3 Å². The molecule has 0 fully saturated rings. The van der Waals surface area contributed by atoms with E-state index >= 15 is 0 Å². The number of benzene rings is 1. The monoisotopic (exact) mass is 348 g/mol. The molecule has 2 rings (SSSR count). The van der Waals surface area contributed by atoms with E-state index in [1.807, 2.05) is 0 Å². The maximum atomic E-state index is 12.4. The molecule has 0 aliphatic heterocycles. The first-order valence-electron chi connectivity index (χ1n) is 5.77. The Balaban J connectivity index is 2.22. The molecule has 23 heavy (non-hydrogen) atoms. The Morgan fingerprint density at radius 1 is 1.39 bits per heavy atom. The summed E-state index contributed by atoms with van der Waals surface area (Å²) in [6.07, 6.45) is -4.67. The second-order valence-corrected chi connectivity index (χ2v) is 4.99. The molecule has 0 spiro atoms. The van der Waals surface area contributed by atoms with Gasteiger partial charge in [-0.2, -0.15) is 13.2 Å². The van der Waals surface area contributed by atoms with E-state index < -0.39 is 27.7 Å².